The van der Waals surface area contributed by atoms with E-state index >= 15 is 0 Å². The molecule has 0 radical (unpaired) electrons. The van der Waals surface area contributed by atoms with Crippen molar-refractivity contribution in [2.45, 2.75) is 11.3 Å². The molecule has 2 atom stereocenters. The maximum Gasteiger partial charge on any atom is 0.183 e. The van der Waals surface area contributed by atoms with Crippen molar-refractivity contribution in [3.63, 3.8) is 0 Å². The lowest BCUT2D eigenvalue weighted by Crippen LogP contribution is -2.10. The number of thioether (sulfide) groups is 1. The molecule has 3 heterocycles. The van der Waals surface area contributed by atoms with Gasteiger partial charge < -0.3 is 4.57 Å². The van der Waals surface area contributed by atoms with Crippen LogP contribution in [-0.2, 0) is 7.05 Å². The van der Waals surface area contributed by atoms with Crippen molar-refractivity contribution < 1.29 is 0 Å². The molecule has 0 bridgehead atoms. The van der Waals surface area contributed by atoms with Crippen LogP contribution < -0.4 is 0 Å². The Morgan fingerprint density at radius 3 is 2.30 bits per heavy atom. The van der Waals surface area contributed by atoms with Gasteiger partial charge in [0.2, 0.25) is 0 Å². The molecule has 0 aliphatic carbocycles. The Morgan fingerprint density at radius 1 is 0.852 bits per heavy atom. The van der Waals surface area contributed by atoms with E-state index in [1.165, 1.54) is 11.1 Å². The summed E-state index contributed by atoms with van der Waals surface area (Å²) in [4.78, 5) is 18.2. The highest BCUT2D eigenvalue weighted by molar-refractivity contribution is 8.14. The molecule has 2 unspecified atom stereocenters. The summed E-state index contributed by atoms with van der Waals surface area (Å²) in [7, 11) is 1.98. The van der Waals surface area contributed by atoms with E-state index in [0.717, 1.165) is 16.4 Å². The molecule has 0 fully saturated rings. The van der Waals surface area contributed by atoms with Crippen molar-refractivity contribution in [2.75, 3.05) is 0 Å². The SMILES string of the molecule is Cn1cnc2ncnc-2c1C1=NC(c2ccccc2)C(c2ccccc2)S1. The molecular formula is C21H17N5S. The first kappa shape index (κ1) is 16.2. The number of hydrogen-bond acceptors (Lipinski definition) is 5. The molecule has 0 amide bonds. The van der Waals surface area contributed by atoms with Gasteiger partial charge >= 0.3 is 0 Å². The van der Waals surface area contributed by atoms with Gasteiger partial charge in [0.1, 0.15) is 22.8 Å². The van der Waals surface area contributed by atoms with Gasteiger partial charge in [0.25, 0.3) is 0 Å². The van der Waals surface area contributed by atoms with Gasteiger partial charge in [-0.1, -0.05) is 72.4 Å². The fourth-order valence-electron chi connectivity index (χ4n) is 3.46. The van der Waals surface area contributed by atoms with Crippen LogP contribution in [0.4, 0.5) is 0 Å². The van der Waals surface area contributed by atoms with Crippen LogP contribution in [0.25, 0.3) is 11.5 Å². The second-order valence-corrected chi connectivity index (χ2v) is 7.62. The van der Waals surface area contributed by atoms with Crippen LogP contribution in [0, 0.1) is 0 Å². The molecule has 0 aromatic heterocycles. The Balaban J connectivity index is 1.64. The average molecular weight is 371 g/mol. The summed E-state index contributed by atoms with van der Waals surface area (Å²) in [6, 6.07) is 21.1. The molecular weight excluding hydrogens is 354 g/mol. The number of nitrogens with zero attached hydrogens (tertiary/aromatic N) is 5. The van der Waals surface area contributed by atoms with E-state index in [9.17, 15) is 0 Å². The number of benzene rings is 2. The summed E-state index contributed by atoms with van der Waals surface area (Å²) in [5.74, 6) is 0.658. The molecule has 5 rings (SSSR count). The maximum absolute atomic E-state index is 5.14. The lowest BCUT2D eigenvalue weighted by atomic mass is 9.99. The molecule has 0 saturated heterocycles. The monoisotopic (exact) mass is 371 g/mol. The highest BCUT2D eigenvalue weighted by atomic mass is 32.2. The Morgan fingerprint density at radius 2 is 1.56 bits per heavy atom. The normalized spacial score (nSPS) is 19.4. The zero-order valence-corrected chi connectivity index (χ0v) is 15.5. The van der Waals surface area contributed by atoms with Gasteiger partial charge in [0.05, 0.1) is 17.6 Å². The quantitative estimate of drug-likeness (QED) is 0.539. The summed E-state index contributed by atoms with van der Waals surface area (Å²) in [5.41, 5.74) is 4.26. The number of hydrogen-bond donors (Lipinski definition) is 0. The topological polar surface area (TPSA) is 56.0 Å². The van der Waals surface area contributed by atoms with E-state index in [2.05, 4.69) is 63.5 Å². The van der Waals surface area contributed by atoms with Crippen LogP contribution in [0.2, 0.25) is 0 Å². The Hall–Kier alpha value is -2.99. The van der Waals surface area contributed by atoms with Gasteiger partial charge in [-0.3, -0.25) is 4.99 Å². The summed E-state index contributed by atoms with van der Waals surface area (Å²) in [5, 5.41) is 1.20. The van der Waals surface area contributed by atoms with Crippen molar-refractivity contribution in [3.8, 4) is 11.5 Å². The van der Waals surface area contributed by atoms with Crippen molar-refractivity contribution in [1.29, 1.82) is 0 Å². The van der Waals surface area contributed by atoms with Gasteiger partial charge in [0.15, 0.2) is 5.82 Å². The minimum absolute atomic E-state index is 0.0553. The van der Waals surface area contributed by atoms with Gasteiger partial charge in [-0.15, -0.1) is 0 Å². The van der Waals surface area contributed by atoms with Crippen LogP contribution >= 0.6 is 11.8 Å². The van der Waals surface area contributed by atoms with Gasteiger partial charge in [-0.05, 0) is 11.1 Å². The number of aryl methyl sites for hydroxylation is 1. The van der Waals surface area contributed by atoms with Crippen molar-refractivity contribution in [1.82, 2.24) is 19.5 Å². The first-order valence-electron chi connectivity index (χ1n) is 8.78. The predicted molar refractivity (Wildman–Crippen MR) is 108 cm³/mol. The largest absolute Gasteiger partial charge is 0.331 e. The third-order valence-corrected chi connectivity index (χ3v) is 6.07. The molecule has 0 spiro atoms. The lowest BCUT2D eigenvalue weighted by molar-refractivity contribution is 0.723. The van der Waals surface area contributed by atoms with Gasteiger partial charge in [-0.2, -0.15) is 0 Å². The van der Waals surface area contributed by atoms with E-state index in [1.54, 1.807) is 24.4 Å². The summed E-state index contributed by atoms with van der Waals surface area (Å²) in [6.45, 7) is 0. The van der Waals surface area contributed by atoms with Crippen LogP contribution in [0.5, 0.6) is 0 Å². The zero-order chi connectivity index (χ0) is 18.2. The van der Waals surface area contributed by atoms with E-state index in [4.69, 9.17) is 4.99 Å². The number of aliphatic imine (C=N–C) groups is 1. The minimum Gasteiger partial charge on any atom is -0.331 e. The van der Waals surface area contributed by atoms with Crippen LogP contribution in [0.15, 0.2) is 78.3 Å². The standard InChI is InChI=1S/C21H17N5S/c1-26-13-24-20-17(22-12-23-20)18(26)21-25-16(14-8-4-2-5-9-14)19(27-21)15-10-6-3-7-11-15/h2-13,16,19H,1H3. The highest BCUT2D eigenvalue weighted by Gasteiger charge is 2.35. The van der Waals surface area contributed by atoms with Gasteiger partial charge in [-0.25, -0.2) is 15.0 Å². The van der Waals surface area contributed by atoms with Crippen LogP contribution in [-0.4, -0.2) is 24.6 Å². The highest BCUT2D eigenvalue weighted by Crippen LogP contribution is 2.50. The smallest absolute Gasteiger partial charge is 0.183 e. The number of imidazole rings is 1. The molecule has 0 saturated carbocycles. The molecule has 2 aromatic carbocycles. The van der Waals surface area contributed by atoms with Crippen LogP contribution in [0.1, 0.15) is 28.1 Å². The fraction of sp³-hybridized carbons (Fsp3) is 0.143. The third-order valence-electron chi connectivity index (χ3n) is 4.76. The van der Waals surface area contributed by atoms with Crippen molar-refractivity contribution in [2.24, 2.45) is 12.0 Å². The first-order valence-corrected chi connectivity index (χ1v) is 9.66. The van der Waals surface area contributed by atoms with Crippen molar-refractivity contribution >= 4 is 16.8 Å². The first-order chi connectivity index (χ1) is 13.3. The Kier molecular flexibility index (Phi) is 3.98. The second-order valence-electron chi connectivity index (χ2n) is 6.49. The summed E-state index contributed by atoms with van der Waals surface area (Å²) < 4.78 is 1.98. The average Bonchev–Trinajstić information content (AvgIpc) is 3.36. The van der Waals surface area contributed by atoms with E-state index in [0.29, 0.717) is 5.82 Å². The number of rotatable bonds is 3. The lowest BCUT2D eigenvalue weighted by Gasteiger charge is -2.18. The molecule has 5 nitrogen and oxygen atoms in total. The minimum atomic E-state index is 0.0553. The fourth-order valence-corrected chi connectivity index (χ4v) is 4.87. The zero-order valence-electron chi connectivity index (χ0n) is 14.7. The molecule has 0 N–H and O–H groups in total. The molecule has 132 valence electrons. The molecule has 6 heteroatoms. The Bertz CT molecular complexity index is 1070. The van der Waals surface area contributed by atoms with E-state index < -0.39 is 0 Å². The molecule has 3 aliphatic heterocycles. The second kappa shape index (κ2) is 6.63. The van der Waals surface area contributed by atoms with Crippen LogP contribution in [0.3, 0.4) is 0 Å². The van der Waals surface area contributed by atoms with E-state index in [1.807, 2.05) is 23.7 Å². The Labute approximate surface area is 161 Å². The third kappa shape index (κ3) is 2.82. The van der Waals surface area contributed by atoms with Gasteiger partial charge in [0, 0.05) is 7.05 Å². The molecule has 2 aromatic rings. The number of aromatic nitrogens is 4. The molecule has 27 heavy (non-hydrogen) atoms. The molecule has 3 aliphatic rings. The van der Waals surface area contributed by atoms with Crippen molar-refractivity contribution in [3.05, 3.63) is 90.1 Å². The summed E-state index contributed by atoms with van der Waals surface area (Å²) >= 11 is 1.79. The maximum atomic E-state index is 5.14. The predicted octanol–water partition coefficient (Wildman–Crippen LogP) is 4.29. The van der Waals surface area contributed by atoms with E-state index in [-0.39, 0.29) is 11.3 Å². The summed E-state index contributed by atoms with van der Waals surface area (Å²) in [6.07, 6.45) is 3.34. The number of fused-ring (bicyclic) bond motifs is 1.